The number of carbonyl (C=O) groups excluding carboxylic acids is 2. The Morgan fingerprint density at radius 2 is 1.70 bits per heavy atom. The zero-order chi connectivity index (χ0) is 29.5. The fourth-order valence-corrected chi connectivity index (χ4v) is 5.00. The lowest BCUT2D eigenvalue weighted by molar-refractivity contribution is -0.153. The molecule has 40 heavy (non-hydrogen) atoms. The van der Waals surface area contributed by atoms with Gasteiger partial charge in [-0.15, -0.1) is 0 Å². The van der Waals surface area contributed by atoms with E-state index >= 15 is 0 Å². The van der Waals surface area contributed by atoms with E-state index < -0.39 is 18.1 Å². The first-order valence-electron chi connectivity index (χ1n) is 14.3. The van der Waals surface area contributed by atoms with Gasteiger partial charge in [0.15, 0.2) is 0 Å². The number of β-amino-alcohol motifs (C(OH)–C–C–N with tert-alkyl or cyclic N) is 1. The summed E-state index contributed by atoms with van der Waals surface area (Å²) in [5.41, 5.74) is 4.96. The molecule has 224 valence electrons. The number of hydrogen-bond acceptors (Lipinski definition) is 7. The second-order valence-electron chi connectivity index (χ2n) is 11.2. The van der Waals surface area contributed by atoms with Gasteiger partial charge in [-0.1, -0.05) is 55.4 Å². The maximum Gasteiger partial charge on any atom is 0.329 e. The van der Waals surface area contributed by atoms with Crippen molar-refractivity contribution in [3.05, 3.63) is 58.7 Å². The molecule has 8 nitrogen and oxygen atoms in total. The number of aliphatic hydroxyl groups is 1. The number of esters is 1. The van der Waals surface area contributed by atoms with Crippen LogP contribution in [0.15, 0.2) is 58.7 Å². The van der Waals surface area contributed by atoms with Crippen molar-refractivity contribution in [3.8, 4) is 0 Å². The lowest BCUT2D eigenvalue weighted by Gasteiger charge is -2.32. The first-order valence-corrected chi connectivity index (χ1v) is 14.3. The molecule has 1 saturated heterocycles. The van der Waals surface area contributed by atoms with E-state index in [0.29, 0.717) is 26.4 Å². The van der Waals surface area contributed by atoms with Gasteiger partial charge in [-0.05, 0) is 56.6 Å². The van der Waals surface area contributed by atoms with Gasteiger partial charge < -0.3 is 29.0 Å². The Morgan fingerprint density at radius 3 is 2.38 bits per heavy atom. The number of methoxy groups -OCH3 is 1. The molecular formula is C32H49NO7. The third-order valence-electron chi connectivity index (χ3n) is 7.23. The van der Waals surface area contributed by atoms with Gasteiger partial charge in [0.25, 0.3) is 0 Å². The van der Waals surface area contributed by atoms with E-state index in [1.54, 1.807) is 7.11 Å². The van der Waals surface area contributed by atoms with E-state index in [-0.39, 0.29) is 37.5 Å². The molecule has 2 rings (SSSR count). The van der Waals surface area contributed by atoms with Crippen molar-refractivity contribution in [1.29, 1.82) is 0 Å². The van der Waals surface area contributed by atoms with E-state index in [1.807, 2.05) is 25.2 Å². The standard InChI is InChI=1S/C32H49NO7/c1-24(12-13-28-26(3)11-8-14-32(28,4)5)9-7-10-25(2)21-30(35)33-23-27(34)22-29(33)31(36)40-20-19-39-18-17-38-16-15-37-6/h7,9-10,12-13,21,27,29,34H,8,11,14-20,22-23H2,1-6H3. The molecule has 0 saturated carbocycles. The fourth-order valence-electron chi connectivity index (χ4n) is 5.00. The minimum Gasteiger partial charge on any atom is -0.462 e. The number of ether oxygens (including phenoxy) is 4. The molecule has 0 bridgehead atoms. The normalized spacial score (nSPS) is 22.1. The fraction of sp³-hybridized carbons (Fsp3) is 0.625. The summed E-state index contributed by atoms with van der Waals surface area (Å²) < 4.78 is 20.9. The first-order chi connectivity index (χ1) is 19.0. The molecule has 0 aromatic rings. The van der Waals surface area contributed by atoms with Crippen molar-refractivity contribution < 1.29 is 33.6 Å². The molecule has 1 heterocycles. The zero-order valence-corrected chi connectivity index (χ0v) is 25.2. The summed E-state index contributed by atoms with van der Waals surface area (Å²) in [6.45, 7) is 13.0. The number of amides is 1. The minimum atomic E-state index is -0.818. The molecule has 1 amide bonds. The Kier molecular flexibility index (Phi) is 14.6. The van der Waals surface area contributed by atoms with Gasteiger partial charge in [0, 0.05) is 26.2 Å². The van der Waals surface area contributed by atoms with E-state index in [2.05, 4.69) is 39.8 Å². The molecule has 1 aliphatic heterocycles. The van der Waals surface area contributed by atoms with Gasteiger partial charge >= 0.3 is 5.97 Å². The molecule has 2 unspecified atom stereocenters. The van der Waals surface area contributed by atoms with Crippen LogP contribution in [0.3, 0.4) is 0 Å². The number of aliphatic hydroxyl groups excluding tert-OH is 1. The van der Waals surface area contributed by atoms with Crippen molar-refractivity contribution in [3.63, 3.8) is 0 Å². The predicted octanol–water partition coefficient (Wildman–Crippen LogP) is 4.70. The van der Waals surface area contributed by atoms with Crippen molar-refractivity contribution >= 4 is 11.9 Å². The van der Waals surface area contributed by atoms with Crippen LogP contribution in [0.2, 0.25) is 0 Å². The Morgan fingerprint density at radius 1 is 1.02 bits per heavy atom. The smallest absolute Gasteiger partial charge is 0.329 e. The van der Waals surface area contributed by atoms with Gasteiger partial charge in [0.2, 0.25) is 5.91 Å². The highest BCUT2D eigenvalue weighted by Crippen LogP contribution is 2.40. The topological polar surface area (TPSA) is 94.5 Å². The molecule has 1 aliphatic carbocycles. The van der Waals surface area contributed by atoms with Crippen molar-refractivity contribution in [2.45, 2.75) is 72.4 Å². The van der Waals surface area contributed by atoms with Crippen molar-refractivity contribution in [2.75, 3.05) is 53.3 Å². The number of likely N-dealkylation sites (tertiary alicyclic amines) is 1. The molecule has 2 aliphatic rings. The average molecular weight is 560 g/mol. The molecule has 0 radical (unpaired) electrons. The number of hydrogen-bond donors (Lipinski definition) is 1. The Bertz CT molecular complexity index is 989. The number of allylic oxidation sites excluding steroid dienone is 9. The second kappa shape index (κ2) is 17.3. The Labute approximate surface area is 240 Å². The van der Waals surface area contributed by atoms with Crippen LogP contribution in [0.1, 0.15) is 60.3 Å². The zero-order valence-electron chi connectivity index (χ0n) is 25.2. The van der Waals surface area contributed by atoms with Crippen LogP contribution in [-0.2, 0) is 28.5 Å². The van der Waals surface area contributed by atoms with Crippen molar-refractivity contribution in [1.82, 2.24) is 4.90 Å². The number of carbonyl (C=O) groups is 2. The quantitative estimate of drug-likeness (QED) is 0.134. The van der Waals surface area contributed by atoms with Crippen LogP contribution in [0.25, 0.3) is 0 Å². The van der Waals surface area contributed by atoms with E-state index in [9.17, 15) is 14.7 Å². The summed E-state index contributed by atoms with van der Waals surface area (Å²) in [4.78, 5) is 26.9. The van der Waals surface area contributed by atoms with E-state index in [1.165, 1.54) is 35.0 Å². The largest absolute Gasteiger partial charge is 0.462 e. The van der Waals surface area contributed by atoms with Gasteiger partial charge in [-0.3, -0.25) is 4.79 Å². The molecule has 0 aromatic carbocycles. The lowest BCUT2D eigenvalue weighted by Crippen LogP contribution is -2.41. The molecule has 1 fully saturated rings. The summed E-state index contributed by atoms with van der Waals surface area (Å²) in [5, 5.41) is 10.1. The monoisotopic (exact) mass is 559 g/mol. The second-order valence-corrected chi connectivity index (χ2v) is 11.2. The van der Waals surface area contributed by atoms with Gasteiger partial charge in [-0.25, -0.2) is 4.79 Å². The predicted molar refractivity (Wildman–Crippen MR) is 157 cm³/mol. The van der Waals surface area contributed by atoms with E-state index in [4.69, 9.17) is 18.9 Å². The van der Waals surface area contributed by atoms with Crippen LogP contribution in [0.4, 0.5) is 0 Å². The summed E-state index contributed by atoms with van der Waals surface area (Å²) in [7, 11) is 1.61. The third-order valence-corrected chi connectivity index (χ3v) is 7.23. The summed E-state index contributed by atoms with van der Waals surface area (Å²) in [5.74, 6) is -0.865. The van der Waals surface area contributed by atoms with Crippen LogP contribution >= 0.6 is 0 Å². The van der Waals surface area contributed by atoms with Gasteiger partial charge in [0.05, 0.1) is 39.1 Å². The third kappa shape index (κ3) is 11.5. The lowest BCUT2D eigenvalue weighted by atomic mass is 9.72. The first kappa shape index (κ1) is 33.7. The van der Waals surface area contributed by atoms with Crippen molar-refractivity contribution in [2.24, 2.45) is 5.41 Å². The SMILES string of the molecule is COCCOCCOCCOC(=O)C1CC(O)CN1C(=O)C=C(C)C=CC=C(C)C=CC1=C(C)CCCC1(C)C. The molecule has 2 atom stereocenters. The van der Waals surface area contributed by atoms with Gasteiger partial charge in [0.1, 0.15) is 12.6 Å². The van der Waals surface area contributed by atoms with Crippen LogP contribution in [0, 0.1) is 5.41 Å². The highest BCUT2D eigenvalue weighted by Gasteiger charge is 2.39. The molecular weight excluding hydrogens is 510 g/mol. The molecule has 8 heteroatoms. The number of nitrogens with zero attached hydrogens (tertiary/aromatic N) is 1. The Hall–Kier alpha value is -2.52. The van der Waals surface area contributed by atoms with E-state index in [0.717, 1.165) is 17.6 Å². The highest BCUT2D eigenvalue weighted by atomic mass is 16.6. The minimum absolute atomic E-state index is 0.0671. The average Bonchev–Trinajstić information content (AvgIpc) is 3.29. The summed E-state index contributed by atoms with van der Waals surface area (Å²) in [6.07, 6.45) is 14.7. The summed E-state index contributed by atoms with van der Waals surface area (Å²) >= 11 is 0. The highest BCUT2D eigenvalue weighted by molar-refractivity contribution is 5.93. The summed E-state index contributed by atoms with van der Waals surface area (Å²) in [6, 6.07) is -0.818. The van der Waals surface area contributed by atoms with Crippen LogP contribution in [-0.4, -0.2) is 87.3 Å². The van der Waals surface area contributed by atoms with Gasteiger partial charge in [-0.2, -0.15) is 0 Å². The molecule has 0 spiro atoms. The van der Waals surface area contributed by atoms with Crippen LogP contribution < -0.4 is 0 Å². The maximum absolute atomic E-state index is 12.9. The maximum atomic E-state index is 12.9. The Balaban J connectivity index is 1.85. The molecule has 0 aromatic heterocycles. The van der Waals surface area contributed by atoms with Crippen LogP contribution in [0.5, 0.6) is 0 Å². The molecule has 1 N–H and O–H groups in total. The number of rotatable bonds is 15.